The van der Waals surface area contributed by atoms with Gasteiger partial charge in [0.2, 0.25) is 23.1 Å². The number of esters is 1. The number of amides is 2. The Morgan fingerprint density at radius 1 is 0.941 bits per heavy atom. The maximum Gasteiger partial charge on any atom is 0.431 e. The zero-order valence-electron chi connectivity index (χ0n) is 48.2. The summed E-state index contributed by atoms with van der Waals surface area (Å²) in [6.07, 6.45) is -5.02. The number of fused-ring (bicyclic) bond motifs is 1. The molecule has 2 aromatic heterocycles. The summed E-state index contributed by atoms with van der Waals surface area (Å²) in [5.74, 6) is -0.681. The van der Waals surface area contributed by atoms with Crippen LogP contribution < -0.4 is 41.7 Å². The number of carboxylic acids is 1. The van der Waals surface area contributed by atoms with E-state index >= 15 is 0 Å². The van der Waals surface area contributed by atoms with Crippen molar-refractivity contribution in [2.24, 2.45) is 7.05 Å². The predicted molar refractivity (Wildman–Crippen MR) is 323 cm³/mol. The van der Waals surface area contributed by atoms with E-state index in [9.17, 15) is 46.5 Å². The maximum atomic E-state index is 12.9. The molecule has 0 saturated heterocycles. The topological polar surface area (TPSA) is 299 Å². The Morgan fingerprint density at radius 2 is 1.58 bits per heavy atom. The molecule has 6 rings (SSSR count). The molecule has 2 amide bonds. The van der Waals surface area contributed by atoms with Crippen LogP contribution in [0.15, 0.2) is 76.3 Å². The Morgan fingerprint density at radius 3 is 2.12 bits per heavy atom. The van der Waals surface area contributed by atoms with Crippen LogP contribution in [-0.2, 0) is 48.1 Å². The van der Waals surface area contributed by atoms with E-state index in [-0.39, 0.29) is 57.4 Å². The molecule has 0 radical (unpaired) electrons. The Hall–Kier alpha value is -6.06. The second-order valence-corrected chi connectivity index (χ2v) is 22.4. The number of nitrogens with one attached hydrogen (secondary N) is 3. The van der Waals surface area contributed by atoms with Crippen molar-refractivity contribution in [1.29, 1.82) is 0 Å². The van der Waals surface area contributed by atoms with Gasteiger partial charge in [-0.15, -0.1) is 11.6 Å². The van der Waals surface area contributed by atoms with Crippen LogP contribution in [0.3, 0.4) is 0 Å². The zero-order valence-corrected chi connectivity index (χ0v) is 52.9. The smallest absolute Gasteiger partial charge is 0.431 e. The average molecular weight is 1320 g/mol. The van der Waals surface area contributed by atoms with E-state index < -0.39 is 66.4 Å². The molecule has 85 heavy (non-hydrogen) atoms. The summed E-state index contributed by atoms with van der Waals surface area (Å²) in [5.41, 5.74) is -0.0745. The molecule has 3 aromatic carbocycles. The van der Waals surface area contributed by atoms with Crippen LogP contribution in [0.4, 0.5) is 36.4 Å². The number of carboxylic acid groups (broad SMARTS) is 1. The molecule has 1 aliphatic rings. The quantitative estimate of drug-likeness (QED) is 0.0271. The average Bonchev–Trinajstić information content (AvgIpc) is 1.43. The summed E-state index contributed by atoms with van der Waals surface area (Å²) in [6.45, 7) is 18.4. The van der Waals surface area contributed by atoms with Crippen molar-refractivity contribution < 1.29 is 66.0 Å². The van der Waals surface area contributed by atoms with Gasteiger partial charge in [0.25, 0.3) is 11.5 Å². The summed E-state index contributed by atoms with van der Waals surface area (Å²) in [6, 6.07) is 17.5. The fourth-order valence-electron chi connectivity index (χ4n) is 7.50. The van der Waals surface area contributed by atoms with E-state index in [4.69, 9.17) is 87.1 Å². The van der Waals surface area contributed by atoms with Crippen LogP contribution in [0.1, 0.15) is 82.6 Å². The van der Waals surface area contributed by atoms with Crippen molar-refractivity contribution >= 4 is 113 Å². The number of para-hydroxylation sites is 3. The Kier molecular flexibility index (Phi) is 31.4. The van der Waals surface area contributed by atoms with Gasteiger partial charge in [0.15, 0.2) is 4.84 Å². The number of hydrogen-bond acceptors (Lipinski definition) is 16. The van der Waals surface area contributed by atoms with Gasteiger partial charge in [-0.2, -0.15) is 28.1 Å². The Labute approximate surface area is 514 Å². The van der Waals surface area contributed by atoms with E-state index in [0.29, 0.717) is 46.1 Å². The third-order valence-electron chi connectivity index (χ3n) is 11.0. The van der Waals surface area contributed by atoms with Crippen molar-refractivity contribution in [2.45, 2.75) is 104 Å². The first kappa shape index (κ1) is 75.0. The Bertz CT molecular complexity index is 3210. The van der Waals surface area contributed by atoms with Crippen LogP contribution in [0.25, 0.3) is 5.69 Å². The number of nitrogens with zero attached hydrogens (tertiary/aromatic N) is 7. The van der Waals surface area contributed by atoms with Gasteiger partial charge in [-0.1, -0.05) is 72.1 Å². The summed E-state index contributed by atoms with van der Waals surface area (Å²) < 4.78 is 65.3. The lowest BCUT2D eigenvalue weighted by Gasteiger charge is -2.35. The van der Waals surface area contributed by atoms with Gasteiger partial charge in [-0.25, -0.2) is 14.2 Å². The zero-order chi connectivity index (χ0) is 64.7. The molecule has 0 aliphatic carbocycles. The highest BCUT2D eigenvalue weighted by Crippen LogP contribution is 2.35. The number of hydrogen-bond donors (Lipinski definition) is 6. The lowest BCUT2D eigenvalue weighted by atomic mass is 10.0. The molecule has 0 fully saturated rings. The fourth-order valence-corrected chi connectivity index (χ4v) is 8.60. The number of ether oxygens (including phenoxy) is 3. The highest BCUT2D eigenvalue weighted by molar-refractivity contribution is 7.51. The van der Waals surface area contributed by atoms with Gasteiger partial charge in [0.1, 0.15) is 23.9 Å². The molecule has 2 atom stereocenters. The fraction of sp³-hybridized carbons (Fsp3) is 0.453. The van der Waals surface area contributed by atoms with E-state index in [1.807, 2.05) is 77.9 Å². The molecule has 0 saturated carbocycles. The highest BCUT2D eigenvalue weighted by Gasteiger charge is 2.36. The van der Waals surface area contributed by atoms with Gasteiger partial charge >= 0.3 is 31.4 Å². The minimum atomic E-state index is -4.86. The number of alkyl halides is 6. The van der Waals surface area contributed by atoms with Gasteiger partial charge in [0, 0.05) is 32.8 Å². The molecule has 1 aliphatic heterocycles. The van der Waals surface area contributed by atoms with Crippen LogP contribution >= 0.6 is 65.6 Å². The number of carbonyl (C=O) groups excluding carboxylic acids is 3. The van der Waals surface area contributed by atoms with Crippen molar-refractivity contribution in [3.05, 3.63) is 120 Å². The maximum absolute atomic E-state index is 12.9. The normalized spacial score (nSPS) is 13.0. The molecule has 0 spiro atoms. The number of benzene rings is 3. The predicted octanol–water partition coefficient (Wildman–Crippen LogP) is 9.11. The minimum Gasteiger partial charge on any atom is -0.489 e. The molecular formula is C53H69Cl5F3N10O13P. The number of anilines is 4. The third-order valence-corrected chi connectivity index (χ3v) is 12.7. The SMILES string of the molecule is CC(C)OC(=O)c1cc(-n2c(=O)cc(C(F)(F)F)n(C)c2=O)ccc1Cl.CC1COc2ccccc2N1C(=O)C(Cl)Cl.CCNc1nc(Cl)nc(NC(C)C)n1.CCc1cccc(C)c1N(C(=O)CCl)C(C)COC.O=C(O)CNCP(=O)(O)O. The lowest BCUT2D eigenvalue weighted by Crippen LogP contribution is -2.47. The molecular weight excluding hydrogens is 1250 g/mol. The first-order valence-corrected chi connectivity index (χ1v) is 29.7. The summed E-state index contributed by atoms with van der Waals surface area (Å²) in [7, 11) is -1.57. The highest BCUT2D eigenvalue weighted by atomic mass is 35.5. The molecule has 23 nitrogen and oxygen atoms in total. The number of halogens is 8. The molecule has 0 bridgehead atoms. The number of carbonyl (C=O) groups is 4. The largest absolute Gasteiger partial charge is 0.489 e. The molecule has 3 heterocycles. The number of aromatic nitrogens is 5. The molecule has 470 valence electrons. The van der Waals surface area contributed by atoms with Crippen LogP contribution in [0.5, 0.6) is 5.75 Å². The lowest BCUT2D eigenvalue weighted by molar-refractivity contribution is -0.144. The van der Waals surface area contributed by atoms with Crippen molar-refractivity contribution in [1.82, 2.24) is 29.4 Å². The molecule has 5 aromatic rings. The van der Waals surface area contributed by atoms with Crippen LogP contribution in [0.2, 0.25) is 10.3 Å². The second-order valence-electron chi connectivity index (χ2n) is 18.7. The van der Waals surface area contributed by atoms with E-state index in [1.165, 1.54) is 12.1 Å². The number of aryl methyl sites for hydroxylation is 2. The molecule has 6 N–H and O–H groups in total. The Balaban J connectivity index is 0.000000375. The first-order chi connectivity index (χ1) is 39.6. The summed E-state index contributed by atoms with van der Waals surface area (Å²) in [5, 5.41) is 16.3. The first-order valence-electron chi connectivity index (χ1n) is 25.7. The number of rotatable bonds is 18. The van der Waals surface area contributed by atoms with Gasteiger partial charge < -0.3 is 49.5 Å². The van der Waals surface area contributed by atoms with Crippen LogP contribution in [-0.4, -0.2) is 137 Å². The van der Waals surface area contributed by atoms with Gasteiger partial charge in [-0.05, 0) is 115 Å². The summed E-state index contributed by atoms with van der Waals surface area (Å²) in [4.78, 5) is 101. The van der Waals surface area contributed by atoms with E-state index in [0.717, 1.165) is 48.6 Å². The second kappa shape index (κ2) is 35.5. The van der Waals surface area contributed by atoms with Crippen LogP contribution in [0, 0.1) is 6.92 Å². The third kappa shape index (κ3) is 24.3. The van der Waals surface area contributed by atoms with E-state index in [1.54, 1.807) is 30.8 Å². The molecule has 32 heteroatoms. The van der Waals surface area contributed by atoms with Gasteiger partial charge in [-0.3, -0.25) is 33.6 Å². The summed E-state index contributed by atoms with van der Waals surface area (Å²) >= 11 is 28.7. The molecule has 2 unspecified atom stereocenters. The van der Waals surface area contributed by atoms with Crippen molar-refractivity contribution in [3.63, 3.8) is 0 Å². The van der Waals surface area contributed by atoms with Crippen molar-refractivity contribution in [3.8, 4) is 11.4 Å². The standard InChI is InChI=1S/C16H14ClF3N2O4.C15H22ClNO2.C11H11Cl2NO2.C8H14ClN5.C3H8NO5P/c1-8(2)26-14(24)10-6-9(4-5-11(10)17)22-13(23)7-12(16(18,19)20)21(3)15(22)25;1-5-13-8-6-7-11(2)15(13)17(14(18)9-16)12(3)10-19-4;1-7-6-16-9-5-3-2-4-8(9)14(7)11(15)10(12)13;1-4-10-7-12-6(9)13-8(14-7)11-5(2)3;5-3(6)1-4-2-10(7,8)9/h4-8H,1-3H3;6-8,12H,5,9-10H2,1-4H3;2-5,7,10H,6H2,1H3;5H,4H2,1-3H3,(H2,10,11,12,13,14);4H,1-2H2,(H,5,6)(H2,7,8,9). The van der Waals surface area contributed by atoms with E-state index in [2.05, 4.69) is 43.9 Å². The minimum absolute atomic E-state index is 0.0104. The monoisotopic (exact) mass is 1320 g/mol. The number of aliphatic carboxylic acids is 1. The number of methoxy groups -OCH3 is 1. The van der Waals surface area contributed by atoms with Crippen molar-refractivity contribution in [2.75, 3.05) is 66.0 Å². The van der Waals surface area contributed by atoms with Gasteiger partial charge in [0.05, 0.1) is 65.3 Å².